The van der Waals surface area contributed by atoms with E-state index in [1.165, 1.54) is 12.8 Å². The van der Waals surface area contributed by atoms with E-state index in [0.717, 1.165) is 23.4 Å². The smallest absolute Gasteiger partial charge is 0.0580 e. The number of aliphatic hydroxyl groups is 1. The van der Waals surface area contributed by atoms with Crippen LogP contribution in [0, 0.1) is 0 Å². The van der Waals surface area contributed by atoms with Gasteiger partial charge in [-0.1, -0.05) is 49.9 Å². The van der Waals surface area contributed by atoms with Crippen molar-refractivity contribution >= 4 is 11.6 Å². The molecule has 0 fully saturated rings. The molecule has 0 radical (unpaired) electrons. The van der Waals surface area contributed by atoms with Crippen molar-refractivity contribution in [2.24, 2.45) is 0 Å². The third-order valence-electron chi connectivity index (χ3n) is 2.50. The number of unbranched alkanes of at least 4 members (excludes halogenated alkanes) is 2. The quantitative estimate of drug-likeness (QED) is 0.732. The van der Waals surface area contributed by atoms with Crippen LogP contribution in [0.1, 0.15) is 38.2 Å². The minimum atomic E-state index is -0.227. The van der Waals surface area contributed by atoms with Crippen molar-refractivity contribution in [3.05, 3.63) is 34.9 Å². The van der Waals surface area contributed by atoms with E-state index in [9.17, 15) is 5.11 Å². The first-order valence-electron chi connectivity index (χ1n) is 5.65. The van der Waals surface area contributed by atoms with Gasteiger partial charge in [-0.25, -0.2) is 0 Å². The molecule has 1 aromatic carbocycles. The molecule has 0 saturated heterocycles. The van der Waals surface area contributed by atoms with Gasteiger partial charge in [-0.05, 0) is 30.5 Å². The number of rotatable bonds is 6. The van der Waals surface area contributed by atoms with Gasteiger partial charge in [0.05, 0.1) is 6.10 Å². The van der Waals surface area contributed by atoms with Crippen molar-refractivity contribution in [3.8, 4) is 0 Å². The molecule has 0 aliphatic carbocycles. The van der Waals surface area contributed by atoms with E-state index in [1.54, 1.807) is 0 Å². The first kappa shape index (κ1) is 12.5. The SMILES string of the molecule is CCCCCC(O)Cc1cccc(Cl)c1. The molecule has 0 aliphatic rings. The fourth-order valence-corrected chi connectivity index (χ4v) is 1.88. The zero-order valence-corrected chi connectivity index (χ0v) is 10.0. The fraction of sp³-hybridized carbons (Fsp3) is 0.538. The van der Waals surface area contributed by atoms with Gasteiger partial charge >= 0.3 is 0 Å². The van der Waals surface area contributed by atoms with Gasteiger partial charge in [0.25, 0.3) is 0 Å². The van der Waals surface area contributed by atoms with Gasteiger partial charge in [0.1, 0.15) is 0 Å². The Morgan fingerprint density at radius 2 is 2.13 bits per heavy atom. The molecule has 0 aliphatic heterocycles. The van der Waals surface area contributed by atoms with Crippen LogP contribution in [0.5, 0.6) is 0 Å². The number of hydrogen-bond donors (Lipinski definition) is 1. The third kappa shape index (κ3) is 5.19. The highest BCUT2D eigenvalue weighted by atomic mass is 35.5. The molecule has 0 aromatic heterocycles. The minimum absolute atomic E-state index is 0.227. The highest BCUT2D eigenvalue weighted by Gasteiger charge is 2.05. The van der Waals surface area contributed by atoms with E-state index in [-0.39, 0.29) is 6.10 Å². The monoisotopic (exact) mass is 226 g/mol. The average Bonchev–Trinajstić information content (AvgIpc) is 2.18. The van der Waals surface area contributed by atoms with Gasteiger partial charge in [0.15, 0.2) is 0 Å². The predicted molar refractivity (Wildman–Crippen MR) is 65.3 cm³/mol. The Labute approximate surface area is 97.1 Å². The number of aliphatic hydroxyl groups excluding tert-OH is 1. The maximum atomic E-state index is 9.78. The Hall–Kier alpha value is -0.530. The van der Waals surface area contributed by atoms with Crippen LogP contribution < -0.4 is 0 Å². The summed E-state index contributed by atoms with van der Waals surface area (Å²) in [6, 6.07) is 7.71. The number of halogens is 1. The van der Waals surface area contributed by atoms with Crippen LogP contribution >= 0.6 is 11.6 Å². The Balaban J connectivity index is 2.34. The standard InChI is InChI=1S/C13H19ClO/c1-2-3-4-8-13(15)10-11-6-5-7-12(14)9-11/h5-7,9,13,15H,2-4,8,10H2,1H3. The van der Waals surface area contributed by atoms with Crippen LogP contribution in [0.2, 0.25) is 5.02 Å². The van der Waals surface area contributed by atoms with Gasteiger partial charge < -0.3 is 5.11 Å². The summed E-state index contributed by atoms with van der Waals surface area (Å²) in [5.74, 6) is 0. The van der Waals surface area contributed by atoms with Crippen molar-refractivity contribution in [2.75, 3.05) is 0 Å². The first-order chi connectivity index (χ1) is 7.22. The second-order valence-corrected chi connectivity index (χ2v) is 4.42. The van der Waals surface area contributed by atoms with Crippen molar-refractivity contribution in [3.63, 3.8) is 0 Å². The molecular formula is C13H19ClO. The summed E-state index contributed by atoms with van der Waals surface area (Å²) in [7, 11) is 0. The topological polar surface area (TPSA) is 20.2 Å². The lowest BCUT2D eigenvalue weighted by molar-refractivity contribution is 0.161. The predicted octanol–water partition coefficient (Wildman–Crippen LogP) is 3.82. The van der Waals surface area contributed by atoms with Crippen LogP contribution in [0.25, 0.3) is 0 Å². The van der Waals surface area contributed by atoms with Crippen molar-refractivity contribution in [2.45, 2.75) is 45.1 Å². The summed E-state index contributed by atoms with van der Waals surface area (Å²) < 4.78 is 0. The van der Waals surface area contributed by atoms with Gasteiger partial charge in [-0.3, -0.25) is 0 Å². The number of benzene rings is 1. The number of hydrogen-bond acceptors (Lipinski definition) is 1. The van der Waals surface area contributed by atoms with E-state index < -0.39 is 0 Å². The molecule has 0 saturated carbocycles. The Bertz CT molecular complexity index is 286. The molecule has 1 N–H and O–H groups in total. The molecule has 0 spiro atoms. The van der Waals surface area contributed by atoms with E-state index in [0.29, 0.717) is 6.42 Å². The van der Waals surface area contributed by atoms with Crippen LogP contribution in [0.15, 0.2) is 24.3 Å². The van der Waals surface area contributed by atoms with Crippen LogP contribution in [0.3, 0.4) is 0 Å². The largest absolute Gasteiger partial charge is 0.393 e. The second kappa shape index (κ2) is 6.86. The molecule has 0 heterocycles. The lowest BCUT2D eigenvalue weighted by atomic mass is 10.0. The average molecular weight is 227 g/mol. The Morgan fingerprint density at radius 1 is 1.33 bits per heavy atom. The maximum Gasteiger partial charge on any atom is 0.0580 e. The Morgan fingerprint density at radius 3 is 2.80 bits per heavy atom. The summed E-state index contributed by atoms with van der Waals surface area (Å²) in [5.41, 5.74) is 1.12. The highest BCUT2D eigenvalue weighted by molar-refractivity contribution is 6.30. The van der Waals surface area contributed by atoms with Crippen LogP contribution in [0.4, 0.5) is 0 Å². The molecule has 1 unspecified atom stereocenters. The minimum Gasteiger partial charge on any atom is -0.393 e. The molecule has 1 atom stereocenters. The lowest BCUT2D eigenvalue weighted by Crippen LogP contribution is -2.10. The summed E-state index contributed by atoms with van der Waals surface area (Å²) in [5, 5.41) is 10.5. The Kier molecular flexibility index (Phi) is 5.74. The maximum absolute atomic E-state index is 9.78. The van der Waals surface area contributed by atoms with Gasteiger partial charge in [0, 0.05) is 5.02 Å². The molecule has 0 amide bonds. The second-order valence-electron chi connectivity index (χ2n) is 3.98. The van der Waals surface area contributed by atoms with Crippen molar-refractivity contribution in [1.29, 1.82) is 0 Å². The molecule has 84 valence electrons. The molecular weight excluding hydrogens is 208 g/mol. The molecule has 1 rings (SSSR count). The summed E-state index contributed by atoms with van der Waals surface area (Å²) in [4.78, 5) is 0. The van der Waals surface area contributed by atoms with E-state index >= 15 is 0 Å². The van der Waals surface area contributed by atoms with Crippen molar-refractivity contribution in [1.82, 2.24) is 0 Å². The van der Waals surface area contributed by atoms with Crippen molar-refractivity contribution < 1.29 is 5.11 Å². The summed E-state index contributed by atoms with van der Waals surface area (Å²) in [6.45, 7) is 2.17. The molecule has 15 heavy (non-hydrogen) atoms. The molecule has 1 aromatic rings. The van der Waals surface area contributed by atoms with E-state index in [1.807, 2.05) is 24.3 Å². The zero-order chi connectivity index (χ0) is 11.1. The summed E-state index contributed by atoms with van der Waals surface area (Å²) in [6.07, 6.45) is 4.88. The van der Waals surface area contributed by atoms with Gasteiger partial charge in [0.2, 0.25) is 0 Å². The van der Waals surface area contributed by atoms with E-state index in [4.69, 9.17) is 11.6 Å². The zero-order valence-electron chi connectivity index (χ0n) is 9.25. The normalized spacial score (nSPS) is 12.7. The fourth-order valence-electron chi connectivity index (χ4n) is 1.67. The third-order valence-corrected chi connectivity index (χ3v) is 2.74. The van der Waals surface area contributed by atoms with Gasteiger partial charge in [-0.2, -0.15) is 0 Å². The lowest BCUT2D eigenvalue weighted by Gasteiger charge is -2.10. The van der Waals surface area contributed by atoms with Crippen LogP contribution in [-0.2, 0) is 6.42 Å². The highest BCUT2D eigenvalue weighted by Crippen LogP contribution is 2.14. The van der Waals surface area contributed by atoms with E-state index in [2.05, 4.69) is 6.92 Å². The molecule has 0 bridgehead atoms. The molecule has 1 nitrogen and oxygen atoms in total. The first-order valence-corrected chi connectivity index (χ1v) is 6.02. The summed E-state index contributed by atoms with van der Waals surface area (Å²) >= 11 is 5.87. The van der Waals surface area contributed by atoms with Crippen LogP contribution in [-0.4, -0.2) is 11.2 Å². The van der Waals surface area contributed by atoms with Gasteiger partial charge in [-0.15, -0.1) is 0 Å². The molecule has 2 heteroatoms.